The number of rotatable bonds is 6. The zero-order valence-electron chi connectivity index (χ0n) is 15.8. The molecule has 3 rings (SSSR count). The second kappa shape index (κ2) is 7.96. The molecular formula is C21H22N4O3. The van der Waals surface area contributed by atoms with Gasteiger partial charge in [-0.2, -0.15) is 0 Å². The van der Waals surface area contributed by atoms with Crippen LogP contribution in [0.4, 0.5) is 0 Å². The average Bonchev–Trinajstić information content (AvgIpc) is 2.98. The predicted molar refractivity (Wildman–Crippen MR) is 107 cm³/mol. The molecule has 7 nitrogen and oxygen atoms in total. The molecule has 0 saturated carbocycles. The highest BCUT2D eigenvalue weighted by molar-refractivity contribution is 5.99. The SMILES string of the molecule is Cc1[nH]c2ccc(C(=O)NCc3ccc(C(=O)NCC(N)=O)cc3)cc2c1C. The molecule has 0 aliphatic heterocycles. The van der Waals surface area contributed by atoms with Gasteiger partial charge >= 0.3 is 0 Å². The molecular weight excluding hydrogens is 356 g/mol. The lowest BCUT2D eigenvalue weighted by atomic mass is 10.1. The van der Waals surface area contributed by atoms with Gasteiger partial charge in [-0.3, -0.25) is 14.4 Å². The monoisotopic (exact) mass is 378 g/mol. The van der Waals surface area contributed by atoms with E-state index in [-0.39, 0.29) is 18.4 Å². The predicted octanol–water partition coefficient (Wildman–Crippen LogP) is 1.93. The van der Waals surface area contributed by atoms with Gasteiger partial charge in [0.25, 0.3) is 11.8 Å². The van der Waals surface area contributed by atoms with Crippen molar-refractivity contribution in [2.24, 2.45) is 5.73 Å². The van der Waals surface area contributed by atoms with E-state index in [0.29, 0.717) is 17.7 Å². The number of H-pyrrole nitrogens is 1. The maximum atomic E-state index is 12.5. The van der Waals surface area contributed by atoms with Crippen molar-refractivity contribution in [3.05, 3.63) is 70.4 Å². The van der Waals surface area contributed by atoms with E-state index in [4.69, 9.17) is 5.73 Å². The number of hydrogen-bond donors (Lipinski definition) is 4. The van der Waals surface area contributed by atoms with Crippen LogP contribution < -0.4 is 16.4 Å². The highest BCUT2D eigenvalue weighted by Crippen LogP contribution is 2.22. The summed E-state index contributed by atoms with van der Waals surface area (Å²) in [5.41, 5.74) is 10.1. The number of aromatic amines is 1. The molecule has 28 heavy (non-hydrogen) atoms. The number of nitrogens with two attached hydrogens (primary N) is 1. The molecule has 3 amide bonds. The van der Waals surface area contributed by atoms with Gasteiger partial charge in [-0.05, 0) is 55.3 Å². The summed E-state index contributed by atoms with van der Waals surface area (Å²) >= 11 is 0. The summed E-state index contributed by atoms with van der Waals surface area (Å²) < 4.78 is 0. The van der Waals surface area contributed by atoms with Gasteiger partial charge in [-0.15, -0.1) is 0 Å². The minimum Gasteiger partial charge on any atom is -0.368 e. The molecule has 0 aliphatic rings. The van der Waals surface area contributed by atoms with Crippen molar-refractivity contribution in [2.75, 3.05) is 6.54 Å². The maximum Gasteiger partial charge on any atom is 0.251 e. The van der Waals surface area contributed by atoms with Gasteiger partial charge < -0.3 is 21.4 Å². The van der Waals surface area contributed by atoms with Gasteiger partial charge in [0.15, 0.2) is 0 Å². The summed E-state index contributed by atoms with van der Waals surface area (Å²) in [5.74, 6) is -1.14. The summed E-state index contributed by atoms with van der Waals surface area (Å²) in [7, 11) is 0. The van der Waals surface area contributed by atoms with E-state index in [1.807, 2.05) is 26.0 Å². The minimum absolute atomic E-state index is 0.163. The van der Waals surface area contributed by atoms with Crippen molar-refractivity contribution in [3.8, 4) is 0 Å². The molecule has 3 aromatic rings. The lowest BCUT2D eigenvalue weighted by Crippen LogP contribution is -2.33. The molecule has 7 heteroatoms. The van der Waals surface area contributed by atoms with Crippen LogP contribution in [0.25, 0.3) is 10.9 Å². The molecule has 0 fully saturated rings. The van der Waals surface area contributed by atoms with E-state index < -0.39 is 5.91 Å². The van der Waals surface area contributed by atoms with Crippen molar-refractivity contribution in [1.29, 1.82) is 0 Å². The molecule has 0 radical (unpaired) electrons. The zero-order chi connectivity index (χ0) is 20.3. The summed E-state index contributed by atoms with van der Waals surface area (Å²) in [4.78, 5) is 38.3. The van der Waals surface area contributed by atoms with Crippen molar-refractivity contribution in [3.63, 3.8) is 0 Å². The lowest BCUT2D eigenvalue weighted by Gasteiger charge is -2.07. The van der Waals surface area contributed by atoms with Crippen LogP contribution in [0.1, 0.15) is 37.5 Å². The van der Waals surface area contributed by atoms with Crippen LogP contribution in [0.15, 0.2) is 42.5 Å². The Hall–Kier alpha value is -3.61. The Labute approximate surface area is 162 Å². The summed E-state index contributed by atoms with van der Waals surface area (Å²) in [6.07, 6.45) is 0. The van der Waals surface area contributed by atoms with Crippen molar-refractivity contribution in [2.45, 2.75) is 20.4 Å². The molecule has 1 aromatic heterocycles. The number of fused-ring (bicyclic) bond motifs is 1. The first kappa shape index (κ1) is 19.2. The minimum atomic E-state index is -0.601. The van der Waals surface area contributed by atoms with Crippen LogP contribution in [0.3, 0.4) is 0 Å². The molecule has 2 aromatic carbocycles. The topological polar surface area (TPSA) is 117 Å². The number of primary amides is 1. The van der Waals surface area contributed by atoms with Gasteiger partial charge in [0, 0.05) is 34.3 Å². The fourth-order valence-electron chi connectivity index (χ4n) is 2.93. The van der Waals surface area contributed by atoms with Crippen LogP contribution in [-0.4, -0.2) is 29.3 Å². The molecule has 1 heterocycles. The highest BCUT2D eigenvalue weighted by Gasteiger charge is 2.10. The number of aryl methyl sites for hydroxylation is 2. The van der Waals surface area contributed by atoms with Gasteiger partial charge in [-0.1, -0.05) is 12.1 Å². The van der Waals surface area contributed by atoms with Crippen molar-refractivity contribution in [1.82, 2.24) is 15.6 Å². The Morgan fingerprint density at radius 2 is 1.57 bits per heavy atom. The molecule has 0 aliphatic carbocycles. The van der Waals surface area contributed by atoms with Crippen LogP contribution >= 0.6 is 0 Å². The van der Waals surface area contributed by atoms with Gasteiger partial charge in [-0.25, -0.2) is 0 Å². The molecule has 0 unspecified atom stereocenters. The second-order valence-electron chi connectivity index (χ2n) is 6.66. The standard InChI is InChI=1S/C21H22N4O3/c1-12-13(2)25-18-8-7-16(9-17(12)18)21(28)23-10-14-3-5-15(6-4-14)20(27)24-11-19(22)26/h3-9,25H,10-11H2,1-2H3,(H2,22,26)(H,23,28)(H,24,27). The number of nitrogens with one attached hydrogen (secondary N) is 3. The number of carbonyl (C=O) groups excluding carboxylic acids is 3. The molecule has 0 bridgehead atoms. The van der Waals surface area contributed by atoms with Crippen LogP contribution in [0, 0.1) is 13.8 Å². The first-order valence-electron chi connectivity index (χ1n) is 8.87. The third-order valence-corrected chi connectivity index (χ3v) is 4.66. The number of amides is 3. The fourth-order valence-corrected chi connectivity index (χ4v) is 2.93. The number of carbonyl (C=O) groups is 3. The smallest absolute Gasteiger partial charge is 0.251 e. The quantitative estimate of drug-likeness (QED) is 0.525. The Morgan fingerprint density at radius 3 is 2.25 bits per heavy atom. The van der Waals surface area contributed by atoms with E-state index in [1.165, 1.54) is 0 Å². The third kappa shape index (κ3) is 4.20. The van der Waals surface area contributed by atoms with Crippen LogP contribution in [0.2, 0.25) is 0 Å². The van der Waals surface area contributed by atoms with E-state index >= 15 is 0 Å². The first-order valence-corrected chi connectivity index (χ1v) is 8.87. The maximum absolute atomic E-state index is 12.5. The van der Waals surface area contributed by atoms with Crippen molar-refractivity contribution < 1.29 is 14.4 Å². The number of hydrogen-bond acceptors (Lipinski definition) is 3. The van der Waals surface area contributed by atoms with E-state index in [0.717, 1.165) is 27.7 Å². The van der Waals surface area contributed by atoms with Gasteiger partial charge in [0.05, 0.1) is 6.54 Å². The zero-order valence-corrected chi connectivity index (χ0v) is 15.8. The Kier molecular flexibility index (Phi) is 5.44. The number of aromatic nitrogens is 1. The normalized spacial score (nSPS) is 10.6. The van der Waals surface area contributed by atoms with Crippen molar-refractivity contribution >= 4 is 28.6 Å². The fraction of sp³-hybridized carbons (Fsp3) is 0.190. The summed E-state index contributed by atoms with van der Waals surface area (Å²) in [6, 6.07) is 12.4. The average molecular weight is 378 g/mol. The van der Waals surface area contributed by atoms with E-state index in [2.05, 4.69) is 15.6 Å². The summed E-state index contributed by atoms with van der Waals surface area (Å²) in [6.45, 7) is 4.16. The van der Waals surface area contributed by atoms with Gasteiger partial charge in [0.1, 0.15) is 0 Å². The Bertz CT molecular complexity index is 1050. The Morgan fingerprint density at radius 1 is 0.929 bits per heavy atom. The van der Waals surface area contributed by atoms with E-state index in [1.54, 1.807) is 30.3 Å². The largest absolute Gasteiger partial charge is 0.368 e. The summed E-state index contributed by atoms with van der Waals surface area (Å²) in [5, 5.41) is 6.35. The van der Waals surface area contributed by atoms with Gasteiger partial charge in [0.2, 0.25) is 5.91 Å². The molecule has 0 saturated heterocycles. The first-order chi connectivity index (χ1) is 13.3. The van der Waals surface area contributed by atoms with Crippen LogP contribution in [0.5, 0.6) is 0 Å². The molecule has 0 atom stereocenters. The molecule has 0 spiro atoms. The highest BCUT2D eigenvalue weighted by atomic mass is 16.2. The lowest BCUT2D eigenvalue weighted by molar-refractivity contribution is -0.117. The second-order valence-corrected chi connectivity index (χ2v) is 6.66. The van der Waals surface area contributed by atoms with E-state index in [9.17, 15) is 14.4 Å². The Balaban J connectivity index is 1.62. The number of benzene rings is 2. The third-order valence-electron chi connectivity index (χ3n) is 4.66. The molecule has 5 N–H and O–H groups in total. The molecule has 144 valence electrons. The van der Waals surface area contributed by atoms with Crippen LogP contribution in [-0.2, 0) is 11.3 Å².